The molecule has 2 fully saturated rings. The molecule has 1 aromatic heterocycles. The van der Waals surface area contributed by atoms with Crippen molar-refractivity contribution in [3.05, 3.63) is 18.3 Å². The van der Waals surface area contributed by atoms with Gasteiger partial charge >= 0.3 is 0 Å². The first-order valence-electron chi connectivity index (χ1n) is 8.00. The van der Waals surface area contributed by atoms with Crippen molar-refractivity contribution in [3.8, 4) is 5.75 Å². The highest BCUT2D eigenvalue weighted by molar-refractivity contribution is 5.85. The van der Waals surface area contributed by atoms with Crippen LogP contribution in [0.3, 0.4) is 0 Å². The van der Waals surface area contributed by atoms with Gasteiger partial charge in [0.05, 0.1) is 13.7 Å². The molecule has 0 spiro atoms. The van der Waals surface area contributed by atoms with Crippen molar-refractivity contribution in [1.82, 2.24) is 15.2 Å². The van der Waals surface area contributed by atoms with E-state index in [-0.39, 0.29) is 30.7 Å². The van der Waals surface area contributed by atoms with Crippen molar-refractivity contribution < 1.29 is 9.53 Å². The summed E-state index contributed by atoms with van der Waals surface area (Å²) in [6, 6.07) is 3.78. The standard InChI is InChI=1S/C16H24N4O2.2ClH/c1-22-14-4-5-18-15(10-14)19-6-8-20(9-7-19)16(21)12-17-11-13-2-3-13;;/h4-5,10,13,17H,2-3,6-9,11-12H2,1H3;2*1H. The number of hydrogen-bond donors (Lipinski definition) is 1. The number of anilines is 1. The molecule has 2 heterocycles. The molecule has 1 aliphatic carbocycles. The van der Waals surface area contributed by atoms with Gasteiger partial charge in [0.1, 0.15) is 11.6 Å². The number of ether oxygens (including phenoxy) is 1. The second-order valence-corrected chi connectivity index (χ2v) is 6.00. The summed E-state index contributed by atoms with van der Waals surface area (Å²) in [5.41, 5.74) is 0. The zero-order valence-corrected chi connectivity index (χ0v) is 15.6. The Balaban J connectivity index is 0.00000144. The molecule has 1 amide bonds. The van der Waals surface area contributed by atoms with Crippen LogP contribution in [0.4, 0.5) is 5.82 Å². The van der Waals surface area contributed by atoms with Crippen LogP contribution >= 0.6 is 24.8 Å². The number of methoxy groups -OCH3 is 1. The van der Waals surface area contributed by atoms with E-state index >= 15 is 0 Å². The molecule has 8 heteroatoms. The third-order valence-corrected chi connectivity index (χ3v) is 4.32. The number of carbonyl (C=O) groups is 1. The molecular weight excluding hydrogens is 351 g/mol. The van der Waals surface area contributed by atoms with Gasteiger partial charge in [-0.2, -0.15) is 0 Å². The fourth-order valence-corrected chi connectivity index (χ4v) is 2.70. The van der Waals surface area contributed by atoms with E-state index in [2.05, 4.69) is 15.2 Å². The highest BCUT2D eigenvalue weighted by Gasteiger charge is 2.24. The van der Waals surface area contributed by atoms with E-state index in [0.717, 1.165) is 50.2 Å². The van der Waals surface area contributed by atoms with Gasteiger partial charge in [-0.15, -0.1) is 24.8 Å². The van der Waals surface area contributed by atoms with Crippen molar-refractivity contribution in [2.24, 2.45) is 5.92 Å². The normalized spacial score (nSPS) is 16.9. The zero-order valence-electron chi connectivity index (χ0n) is 13.9. The summed E-state index contributed by atoms with van der Waals surface area (Å²) in [5, 5.41) is 3.27. The van der Waals surface area contributed by atoms with Crippen molar-refractivity contribution in [2.45, 2.75) is 12.8 Å². The lowest BCUT2D eigenvalue weighted by Crippen LogP contribution is -2.51. The third-order valence-electron chi connectivity index (χ3n) is 4.32. The Labute approximate surface area is 155 Å². The number of hydrogen-bond acceptors (Lipinski definition) is 5. The predicted octanol–water partition coefficient (Wildman–Crippen LogP) is 1.58. The third kappa shape index (κ3) is 5.69. The van der Waals surface area contributed by atoms with Crippen LogP contribution in [0.5, 0.6) is 5.75 Å². The van der Waals surface area contributed by atoms with Crippen molar-refractivity contribution in [2.75, 3.05) is 51.3 Å². The van der Waals surface area contributed by atoms with Gasteiger partial charge in [-0.05, 0) is 31.4 Å². The molecule has 6 nitrogen and oxygen atoms in total. The first kappa shape index (κ1) is 20.8. The average Bonchev–Trinajstić information content (AvgIpc) is 3.39. The summed E-state index contributed by atoms with van der Waals surface area (Å²) in [6.07, 6.45) is 4.38. The van der Waals surface area contributed by atoms with Crippen LogP contribution in [0.15, 0.2) is 18.3 Å². The molecule has 2 aliphatic rings. The highest BCUT2D eigenvalue weighted by Crippen LogP contribution is 2.27. The lowest BCUT2D eigenvalue weighted by Gasteiger charge is -2.35. The second kappa shape index (κ2) is 9.91. The molecule has 3 rings (SSSR count). The summed E-state index contributed by atoms with van der Waals surface area (Å²) < 4.78 is 5.23. The molecule has 1 saturated carbocycles. The quantitative estimate of drug-likeness (QED) is 0.816. The van der Waals surface area contributed by atoms with Crippen LogP contribution in [0.1, 0.15) is 12.8 Å². The molecular formula is C16H26Cl2N4O2. The smallest absolute Gasteiger partial charge is 0.236 e. The van der Waals surface area contributed by atoms with Crippen molar-refractivity contribution in [1.29, 1.82) is 0 Å². The van der Waals surface area contributed by atoms with Gasteiger partial charge in [-0.25, -0.2) is 4.98 Å². The maximum atomic E-state index is 12.2. The molecule has 1 N–H and O–H groups in total. The Bertz CT molecular complexity index is 521. The van der Waals surface area contributed by atoms with Gasteiger partial charge in [0.2, 0.25) is 5.91 Å². The summed E-state index contributed by atoms with van der Waals surface area (Å²) in [4.78, 5) is 20.7. The Morgan fingerprint density at radius 2 is 2.00 bits per heavy atom. The topological polar surface area (TPSA) is 57.7 Å². The van der Waals surface area contributed by atoms with Gasteiger partial charge < -0.3 is 19.9 Å². The van der Waals surface area contributed by atoms with Crippen LogP contribution in [0.2, 0.25) is 0 Å². The first-order valence-corrected chi connectivity index (χ1v) is 8.00. The fraction of sp³-hybridized carbons (Fsp3) is 0.625. The minimum absolute atomic E-state index is 0. The number of halogens is 2. The van der Waals surface area contributed by atoms with E-state index in [1.807, 2.05) is 17.0 Å². The number of rotatable bonds is 6. The van der Waals surface area contributed by atoms with Crippen molar-refractivity contribution in [3.63, 3.8) is 0 Å². The van der Waals surface area contributed by atoms with E-state index in [1.54, 1.807) is 13.3 Å². The van der Waals surface area contributed by atoms with E-state index < -0.39 is 0 Å². The van der Waals surface area contributed by atoms with Gasteiger partial charge in [0.15, 0.2) is 0 Å². The van der Waals surface area contributed by atoms with E-state index in [1.165, 1.54) is 12.8 Å². The summed E-state index contributed by atoms with van der Waals surface area (Å²) >= 11 is 0. The number of aromatic nitrogens is 1. The maximum Gasteiger partial charge on any atom is 0.236 e. The fourth-order valence-electron chi connectivity index (χ4n) is 2.70. The molecule has 0 radical (unpaired) electrons. The molecule has 136 valence electrons. The van der Waals surface area contributed by atoms with E-state index in [0.29, 0.717) is 6.54 Å². The Kier molecular flexibility index (Phi) is 8.59. The summed E-state index contributed by atoms with van der Waals surface area (Å²) in [7, 11) is 1.66. The van der Waals surface area contributed by atoms with E-state index in [9.17, 15) is 4.79 Å². The zero-order chi connectivity index (χ0) is 15.4. The summed E-state index contributed by atoms with van der Waals surface area (Å²) in [6.45, 7) is 4.59. The molecule has 0 atom stereocenters. The molecule has 1 saturated heterocycles. The minimum Gasteiger partial charge on any atom is -0.497 e. The SMILES string of the molecule is COc1ccnc(N2CCN(C(=O)CNCC3CC3)CC2)c1.Cl.Cl. The average molecular weight is 377 g/mol. The number of pyridine rings is 1. The number of carbonyl (C=O) groups excluding carboxylic acids is 1. The monoisotopic (exact) mass is 376 g/mol. The highest BCUT2D eigenvalue weighted by atomic mass is 35.5. The van der Waals surface area contributed by atoms with Crippen LogP contribution in [0.25, 0.3) is 0 Å². The van der Waals surface area contributed by atoms with E-state index in [4.69, 9.17) is 4.74 Å². The molecule has 0 unspecified atom stereocenters. The summed E-state index contributed by atoms with van der Waals surface area (Å²) in [5.74, 6) is 2.74. The molecule has 1 aromatic rings. The largest absolute Gasteiger partial charge is 0.497 e. The Morgan fingerprint density at radius 1 is 1.29 bits per heavy atom. The van der Waals surface area contributed by atoms with Crippen LogP contribution in [-0.4, -0.2) is 62.2 Å². The second-order valence-electron chi connectivity index (χ2n) is 6.00. The van der Waals surface area contributed by atoms with Crippen molar-refractivity contribution >= 4 is 36.5 Å². The lowest BCUT2D eigenvalue weighted by molar-refractivity contribution is -0.130. The van der Waals surface area contributed by atoms with Crippen LogP contribution in [0, 0.1) is 5.92 Å². The van der Waals surface area contributed by atoms with Gasteiger partial charge in [-0.1, -0.05) is 0 Å². The van der Waals surface area contributed by atoms with Crippen LogP contribution < -0.4 is 15.0 Å². The maximum absolute atomic E-state index is 12.2. The minimum atomic E-state index is 0. The number of piperazine rings is 1. The molecule has 0 aromatic carbocycles. The molecule has 1 aliphatic heterocycles. The lowest BCUT2D eigenvalue weighted by atomic mass is 10.3. The molecule has 0 bridgehead atoms. The number of nitrogens with zero attached hydrogens (tertiary/aromatic N) is 3. The first-order chi connectivity index (χ1) is 10.8. The van der Waals surface area contributed by atoms with Crippen LogP contribution in [-0.2, 0) is 4.79 Å². The van der Waals surface area contributed by atoms with Gasteiger partial charge in [-0.3, -0.25) is 4.79 Å². The Morgan fingerprint density at radius 3 is 2.62 bits per heavy atom. The van der Waals surface area contributed by atoms with Gasteiger partial charge in [0, 0.05) is 38.4 Å². The molecule has 24 heavy (non-hydrogen) atoms. The Hall–Kier alpha value is -1.24. The predicted molar refractivity (Wildman–Crippen MR) is 99.7 cm³/mol. The number of nitrogens with one attached hydrogen (secondary N) is 1. The number of amides is 1. The van der Waals surface area contributed by atoms with Gasteiger partial charge in [0.25, 0.3) is 0 Å².